The molecule has 0 aromatic carbocycles. The highest BCUT2D eigenvalue weighted by Crippen LogP contribution is 2.08. The topological polar surface area (TPSA) is 75.5 Å². The summed E-state index contributed by atoms with van der Waals surface area (Å²) in [6.07, 6.45) is 3.77. The third kappa shape index (κ3) is 3.57. The molecule has 0 spiro atoms. The number of hydrogen-bond acceptors (Lipinski definition) is 4. The smallest absolute Gasteiger partial charge is 0.261 e. The van der Waals surface area contributed by atoms with E-state index < -0.39 is 6.04 Å². The number of amides is 2. The van der Waals surface area contributed by atoms with E-state index in [4.69, 9.17) is 0 Å². The van der Waals surface area contributed by atoms with E-state index in [1.54, 1.807) is 19.1 Å². The Labute approximate surface area is 137 Å². The number of carbonyl (C=O) groups is 2. The van der Waals surface area contributed by atoms with Gasteiger partial charge in [-0.05, 0) is 30.5 Å². The van der Waals surface area contributed by atoms with Crippen molar-refractivity contribution in [1.82, 2.24) is 20.0 Å². The second kappa shape index (κ2) is 6.62. The maximum atomic E-state index is 12.1. The summed E-state index contributed by atoms with van der Waals surface area (Å²) in [7, 11) is 0. The van der Waals surface area contributed by atoms with E-state index in [9.17, 15) is 9.59 Å². The van der Waals surface area contributed by atoms with Crippen LogP contribution in [0, 0.1) is 0 Å². The van der Waals surface area contributed by atoms with Crippen LogP contribution >= 0.6 is 11.3 Å². The lowest BCUT2D eigenvalue weighted by atomic mass is 10.3. The largest absolute Gasteiger partial charge is 0.349 e. The number of nitrogens with one attached hydrogen (secondary N) is 2. The van der Waals surface area contributed by atoms with Gasteiger partial charge in [-0.25, -0.2) is 4.98 Å². The molecule has 0 aliphatic heterocycles. The van der Waals surface area contributed by atoms with E-state index in [1.807, 2.05) is 40.4 Å². The van der Waals surface area contributed by atoms with Gasteiger partial charge in [0.1, 0.15) is 11.7 Å². The summed E-state index contributed by atoms with van der Waals surface area (Å²) in [6.45, 7) is 1.98. The van der Waals surface area contributed by atoms with E-state index in [1.165, 1.54) is 11.3 Å². The van der Waals surface area contributed by atoms with Crippen LogP contribution < -0.4 is 10.6 Å². The van der Waals surface area contributed by atoms with Gasteiger partial charge >= 0.3 is 0 Å². The van der Waals surface area contributed by atoms with Crippen molar-refractivity contribution in [2.75, 3.05) is 0 Å². The molecule has 0 radical (unpaired) electrons. The number of hydrogen-bond donors (Lipinski definition) is 2. The first-order valence-electron chi connectivity index (χ1n) is 7.18. The van der Waals surface area contributed by atoms with E-state index >= 15 is 0 Å². The summed E-state index contributed by atoms with van der Waals surface area (Å²) in [5, 5.41) is 7.29. The normalized spacial score (nSPS) is 12.0. The third-order valence-electron chi connectivity index (χ3n) is 3.34. The van der Waals surface area contributed by atoms with Gasteiger partial charge in [0.05, 0.1) is 17.1 Å². The summed E-state index contributed by atoms with van der Waals surface area (Å²) in [5.74, 6) is -0.484. The van der Waals surface area contributed by atoms with Crippen molar-refractivity contribution in [3.8, 4) is 0 Å². The molecule has 0 unspecified atom stereocenters. The molecule has 2 N–H and O–H groups in total. The SMILES string of the molecule is C[C@H](NC(=O)c1cccs1)C(=O)NCc1cn2ccccc2n1. The zero-order valence-electron chi connectivity index (χ0n) is 12.5. The van der Waals surface area contributed by atoms with Crippen molar-refractivity contribution in [3.05, 3.63) is 58.7 Å². The molecule has 3 heterocycles. The zero-order chi connectivity index (χ0) is 16.2. The predicted molar refractivity (Wildman–Crippen MR) is 88.3 cm³/mol. The van der Waals surface area contributed by atoms with Gasteiger partial charge in [0.2, 0.25) is 5.91 Å². The van der Waals surface area contributed by atoms with Crippen LogP contribution in [0.15, 0.2) is 48.1 Å². The van der Waals surface area contributed by atoms with E-state index in [2.05, 4.69) is 15.6 Å². The first-order valence-corrected chi connectivity index (χ1v) is 8.06. The van der Waals surface area contributed by atoms with Crippen molar-refractivity contribution >= 4 is 28.8 Å². The second-order valence-corrected chi connectivity index (χ2v) is 6.04. The molecular formula is C16H16N4O2S. The van der Waals surface area contributed by atoms with Crippen molar-refractivity contribution in [2.45, 2.75) is 19.5 Å². The lowest BCUT2D eigenvalue weighted by Gasteiger charge is -2.12. The minimum Gasteiger partial charge on any atom is -0.349 e. The average molecular weight is 328 g/mol. The van der Waals surface area contributed by atoms with Gasteiger partial charge in [0.15, 0.2) is 0 Å². The number of carbonyl (C=O) groups excluding carboxylic acids is 2. The molecule has 3 aromatic heterocycles. The van der Waals surface area contributed by atoms with Crippen LogP contribution in [0.4, 0.5) is 0 Å². The van der Waals surface area contributed by atoms with Crippen LogP contribution in [0.1, 0.15) is 22.3 Å². The molecule has 0 fully saturated rings. The zero-order valence-corrected chi connectivity index (χ0v) is 13.3. The fraction of sp³-hybridized carbons (Fsp3) is 0.188. The highest BCUT2D eigenvalue weighted by atomic mass is 32.1. The van der Waals surface area contributed by atoms with Gasteiger partial charge in [-0.3, -0.25) is 9.59 Å². The molecule has 6 nitrogen and oxygen atoms in total. The van der Waals surface area contributed by atoms with Gasteiger partial charge in [0, 0.05) is 12.4 Å². The summed E-state index contributed by atoms with van der Waals surface area (Å²) >= 11 is 1.34. The minimum atomic E-state index is -0.610. The predicted octanol–water partition coefficient (Wildman–Crippen LogP) is 1.83. The molecule has 23 heavy (non-hydrogen) atoms. The van der Waals surface area contributed by atoms with Crippen molar-refractivity contribution < 1.29 is 9.59 Å². The Bertz CT molecular complexity index is 793. The third-order valence-corrected chi connectivity index (χ3v) is 4.21. The van der Waals surface area contributed by atoms with Crippen LogP contribution in [0.25, 0.3) is 5.65 Å². The molecule has 0 bridgehead atoms. The van der Waals surface area contributed by atoms with Gasteiger partial charge in [-0.15, -0.1) is 11.3 Å². The molecule has 0 saturated carbocycles. The Morgan fingerprint density at radius 3 is 2.91 bits per heavy atom. The van der Waals surface area contributed by atoms with Gasteiger partial charge < -0.3 is 15.0 Å². The minimum absolute atomic E-state index is 0.240. The molecule has 0 aliphatic carbocycles. The van der Waals surface area contributed by atoms with E-state index in [-0.39, 0.29) is 11.8 Å². The van der Waals surface area contributed by atoms with E-state index in [0.717, 1.165) is 11.3 Å². The Kier molecular flexibility index (Phi) is 4.38. The number of nitrogens with zero attached hydrogens (tertiary/aromatic N) is 2. The lowest BCUT2D eigenvalue weighted by molar-refractivity contribution is -0.122. The highest BCUT2D eigenvalue weighted by molar-refractivity contribution is 7.12. The standard InChI is InChI=1S/C16H16N4O2S/c1-11(18-16(22)13-5-4-8-23-13)15(21)17-9-12-10-20-7-3-2-6-14(20)19-12/h2-8,10-11H,9H2,1H3,(H,17,21)(H,18,22)/t11-/m0/s1. The number of fused-ring (bicyclic) bond motifs is 1. The van der Waals surface area contributed by atoms with Crippen molar-refractivity contribution in [1.29, 1.82) is 0 Å². The molecule has 0 aliphatic rings. The average Bonchev–Trinajstić information content (AvgIpc) is 3.21. The molecule has 118 valence electrons. The Morgan fingerprint density at radius 2 is 2.17 bits per heavy atom. The van der Waals surface area contributed by atoms with Crippen molar-refractivity contribution in [2.24, 2.45) is 0 Å². The van der Waals surface area contributed by atoms with Gasteiger partial charge in [-0.2, -0.15) is 0 Å². The van der Waals surface area contributed by atoms with Crippen LogP contribution in [-0.2, 0) is 11.3 Å². The van der Waals surface area contributed by atoms with Crippen LogP contribution in [0.5, 0.6) is 0 Å². The summed E-state index contributed by atoms with van der Waals surface area (Å²) in [4.78, 5) is 29.0. The van der Waals surface area contributed by atoms with Crippen LogP contribution in [-0.4, -0.2) is 27.2 Å². The maximum absolute atomic E-state index is 12.1. The van der Waals surface area contributed by atoms with Crippen LogP contribution in [0.3, 0.4) is 0 Å². The second-order valence-electron chi connectivity index (χ2n) is 5.09. The molecule has 3 rings (SSSR count). The molecular weight excluding hydrogens is 312 g/mol. The molecule has 3 aromatic rings. The Hall–Kier alpha value is -2.67. The van der Waals surface area contributed by atoms with Crippen molar-refractivity contribution in [3.63, 3.8) is 0 Å². The molecule has 7 heteroatoms. The fourth-order valence-corrected chi connectivity index (χ4v) is 2.77. The Balaban J connectivity index is 1.55. The first-order chi connectivity index (χ1) is 11.1. The van der Waals surface area contributed by atoms with Crippen LogP contribution in [0.2, 0.25) is 0 Å². The monoisotopic (exact) mass is 328 g/mol. The first kappa shape index (κ1) is 15.2. The summed E-state index contributed by atoms with van der Waals surface area (Å²) in [6, 6.07) is 8.64. The number of pyridine rings is 1. The molecule has 0 saturated heterocycles. The number of imidazole rings is 1. The fourth-order valence-electron chi connectivity index (χ4n) is 2.14. The molecule has 2 amide bonds. The number of rotatable bonds is 5. The maximum Gasteiger partial charge on any atom is 0.261 e. The number of aromatic nitrogens is 2. The quantitative estimate of drug-likeness (QED) is 0.750. The number of thiophene rings is 1. The Morgan fingerprint density at radius 1 is 1.30 bits per heavy atom. The summed E-state index contributed by atoms with van der Waals surface area (Å²) < 4.78 is 1.89. The van der Waals surface area contributed by atoms with E-state index in [0.29, 0.717) is 11.4 Å². The summed E-state index contributed by atoms with van der Waals surface area (Å²) in [5.41, 5.74) is 1.59. The highest BCUT2D eigenvalue weighted by Gasteiger charge is 2.17. The molecule has 1 atom stereocenters. The van der Waals surface area contributed by atoms with Gasteiger partial charge in [0.25, 0.3) is 5.91 Å². The lowest BCUT2D eigenvalue weighted by Crippen LogP contribution is -2.44. The van der Waals surface area contributed by atoms with Gasteiger partial charge in [-0.1, -0.05) is 12.1 Å².